The number of rotatable bonds is 1. The molecule has 2 heterocycles. The van der Waals surface area contributed by atoms with Crippen molar-refractivity contribution in [3.63, 3.8) is 0 Å². The quantitative estimate of drug-likeness (QED) is 0.567. The van der Waals surface area contributed by atoms with E-state index in [-0.39, 0.29) is 0 Å². The van der Waals surface area contributed by atoms with Gasteiger partial charge in [0, 0.05) is 5.41 Å². The standard InChI is InChI=1S/C8H14O.C2H6/c1-6(2)8-3-7(4-8)9-5-8;1-2/h6-7H,3-5H2,1-2H3;1-2H3. The molecule has 3 rings (SSSR count). The minimum Gasteiger partial charge on any atom is -0.378 e. The van der Waals surface area contributed by atoms with Crippen LogP contribution < -0.4 is 0 Å². The maximum absolute atomic E-state index is 5.49. The molecule has 0 aromatic heterocycles. The summed E-state index contributed by atoms with van der Waals surface area (Å²) >= 11 is 0. The molecule has 1 aliphatic carbocycles. The van der Waals surface area contributed by atoms with Gasteiger partial charge in [-0.1, -0.05) is 27.7 Å². The normalized spacial score (nSPS) is 39.5. The minimum absolute atomic E-state index is 0.616. The van der Waals surface area contributed by atoms with Gasteiger partial charge in [0.25, 0.3) is 0 Å². The van der Waals surface area contributed by atoms with Gasteiger partial charge >= 0.3 is 0 Å². The summed E-state index contributed by atoms with van der Waals surface area (Å²) in [6.45, 7) is 9.66. The van der Waals surface area contributed by atoms with E-state index in [9.17, 15) is 0 Å². The average Bonchev–Trinajstić information content (AvgIpc) is 2.46. The predicted molar refractivity (Wildman–Crippen MR) is 47.6 cm³/mol. The summed E-state index contributed by atoms with van der Waals surface area (Å²) in [5, 5.41) is 0. The topological polar surface area (TPSA) is 9.23 Å². The lowest BCUT2D eigenvalue weighted by atomic mass is 9.64. The van der Waals surface area contributed by atoms with Gasteiger partial charge in [0.2, 0.25) is 0 Å². The van der Waals surface area contributed by atoms with Crippen LogP contribution in [0.25, 0.3) is 0 Å². The average molecular weight is 156 g/mol. The summed E-state index contributed by atoms with van der Waals surface area (Å²) in [5.74, 6) is 0.830. The first kappa shape index (κ1) is 9.05. The van der Waals surface area contributed by atoms with E-state index in [1.165, 1.54) is 12.8 Å². The zero-order valence-electron chi connectivity index (χ0n) is 8.18. The van der Waals surface area contributed by atoms with Crippen molar-refractivity contribution in [3.05, 3.63) is 0 Å². The zero-order valence-corrected chi connectivity index (χ0v) is 8.18. The Labute approximate surface area is 70.1 Å². The second-order valence-corrected chi connectivity index (χ2v) is 3.86. The van der Waals surface area contributed by atoms with Crippen molar-refractivity contribution >= 4 is 0 Å². The van der Waals surface area contributed by atoms with Crippen LogP contribution in [-0.4, -0.2) is 12.7 Å². The largest absolute Gasteiger partial charge is 0.378 e. The smallest absolute Gasteiger partial charge is 0.0588 e. The van der Waals surface area contributed by atoms with E-state index in [0.29, 0.717) is 11.5 Å². The first-order valence-electron chi connectivity index (χ1n) is 4.84. The summed E-state index contributed by atoms with van der Waals surface area (Å²) < 4.78 is 5.49. The number of ether oxygens (including phenoxy) is 1. The van der Waals surface area contributed by atoms with Gasteiger partial charge in [-0.05, 0) is 18.8 Å². The molecule has 0 radical (unpaired) electrons. The van der Waals surface area contributed by atoms with Crippen LogP contribution in [0.2, 0.25) is 0 Å². The maximum Gasteiger partial charge on any atom is 0.0588 e. The maximum atomic E-state index is 5.49. The molecule has 0 spiro atoms. The van der Waals surface area contributed by atoms with Crippen molar-refractivity contribution in [1.82, 2.24) is 0 Å². The second-order valence-electron chi connectivity index (χ2n) is 3.86. The summed E-state index contributed by atoms with van der Waals surface area (Å²) in [6, 6.07) is 0. The van der Waals surface area contributed by atoms with Gasteiger partial charge in [0.1, 0.15) is 0 Å². The van der Waals surface area contributed by atoms with Gasteiger partial charge in [-0.15, -0.1) is 0 Å². The van der Waals surface area contributed by atoms with Crippen LogP contribution in [0.1, 0.15) is 40.5 Å². The van der Waals surface area contributed by atoms with Gasteiger partial charge in [0.05, 0.1) is 12.7 Å². The molecule has 1 saturated carbocycles. The Bertz CT molecular complexity index is 117. The van der Waals surface area contributed by atoms with Gasteiger partial charge in [-0.25, -0.2) is 0 Å². The van der Waals surface area contributed by atoms with Crippen LogP contribution in [0.3, 0.4) is 0 Å². The van der Waals surface area contributed by atoms with E-state index in [2.05, 4.69) is 13.8 Å². The van der Waals surface area contributed by atoms with E-state index in [1.54, 1.807) is 0 Å². The molecule has 0 unspecified atom stereocenters. The molecule has 1 nitrogen and oxygen atoms in total. The Morgan fingerprint density at radius 2 is 1.82 bits per heavy atom. The zero-order chi connectivity index (χ0) is 8.48. The van der Waals surface area contributed by atoms with Gasteiger partial charge in [-0.2, -0.15) is 0 Å². The molecule has 3 aliphatic rings. The predicted octanol–water partition coefficient (Wildman–Crippen LogP) is 2.85. The third kappa shape index (κ3) is 1.31. The fraction of sp³-hybridized carbons (Fsp3) is 1.00. The van der Waals surface area contributed by atoms with Gasteiger partial charge in [0.15, 0.2) is 0 Å². The Kier molecular flexibility index (Phi) is 2.58. The third-order valence-corrected chi connectivity index (χ3v) is 3.10. The van der Waals surface area contributed by atoms with Crippen LogP contribution in [0.15, 0.2) is 0 Å². The monoisotopic (exact) mass is 156 g/mol. The third-order valence-electron chi connectivity index (χ3n) is 3.10. The molecule has 3 fully saturated rings. The SMILES string of the molecule is CC.CC(C)C12COC(C1)C2. The van der Waals surface area contributed by atoms with Crippen molar-refractivity contribution in [2.75, 3.05) is 6.61 Å². The highest BCUT2D eigenvalue weighted by Crippen LogP contribution is 2.54. The number of hydrogen-bond acceptors (Lipinski definition) is 1. The van der Waals surface area contributed by atoms with Crippen molar-refractivity contribution in [1.29, 1.82) is 0 Å². The molecule has 2 aliphatic heterocycles. The first-order valence-corrected chi connectivity index (χ1v) is 4.84. The molecule has 1 heteroatoms. The fourth-order valence-corrected chi connectivity index (χ4v) is 2.00. The molecular formula is C10H20O. The molecule has 2 bridgehead atoms. The lowest BCUT2D eigenvalue weighted by molar-refractivity contribution is 0.0912. The van der Waals surface area contributed by atoms with E-state index in [1.807, 2.05) is 13.8 Å². The molecule has 66 valence electrons. The molecule has 0 amide bonds. The summed E-state index contributed by atoms with van der Waals surface area (Å²) in [5.41, 5.74) is 0.616. The minimum atomic E-state index is 0.616. The van der Waals surface area contributed by atoms with Crippen LogP contribution in [0, 0.1) is 11.3 Å². The summed E-state index contributed by atoms with van der Waals surface area (Å²) in [6.07, 6.45) is 3.32. The molecule has 2 saturated heterocycles. The highest BCUT2D eigenvalue weighted by molar-refractivity contribution is 5.01. The highest BCUT2D eigenvalue weighted by Gasteiger charge is 2.53. The van der Waals surface area contributed by atoms with Gasteiger partial charge < -0.3 is 4.74 Å². The molecule has 0 N–H and O–H groups in total. The Morgan fingerprint density at radius 3 is 2.00 bits per heavy atom. The van der Waals surface area contributed by atoms with E-state index >= 15 is 0 Å². The fourth-order valence-electron chi connectivity index (χ4n) is 2.00. The molecule has 0 aromatic rings. The van der Waals surface area contributed by atoms with E-state index < -0.39 is 0 Å². The Balaban J connectivity index is 0.000000281. The van der Waals surface area contributed by atoms with Crippen molar-refractivity contribution < 1.29 is 4.74 Å². The molecule has 0 aromatic carbocycles. The van der Waals surface area contributed by atoms with Crippen LogP contribution >= 0.6 is 0 Å². The molecule has 11 heavy (non-hydrogen) atoms. The second kappa shape index (κ2) is 3.14. The molecular weight excluding hydrogens is 136 g/mol. The van der Waals surface area contributed by atoms with E-state index in [0.717, 1.165) is 12.5 Å². The summed E-state index contributed by atoms with van der Waals surface area (Å²) in [7, 11) is 0. The molecule has 0 atom stereocenters. The van der Waals surface area contributed by atoms with Crippen molar-refractivity contribution in [2.45, 2.75) is 46.6 Å². The van der Waals surface area contributed by atoms with Crippen LogP contribution in [0.4, 0.5) is 0 Å². The van der Waals surface area contributed by atoms with Crippen molar-refractivity contribution in [3.8, 4) is 0 Å². The lowest BCUT2D eigenvalue weighted by Gasteiger charge is -2.38. The number of fused-ring (bicyclic) bond motifs is 1. The van der Waals surface area contributed by atoms with E-state index in [4.69, 9.17) is 4.74 Å². The highest BCUT2D eigenvalue weighted by atomic mass is 16.5. The lowest BCUT2D eigenvalue weighted by Crippen LogP contribution is -2.37. The Morgan fingerprint density at radius 1 is 1.27 bits per heavy atom. The van der Waals surface area contributed by atoms with Crippen LogP contribution in [0.5, 0.6) is 0 Å². The summed E-state index contributed by atoms with van der Waals surface area (Å²) in [4.78, 5) is 0. The number of hydrogen-bond donors (Lipinski definition) is 0. The first-order chi connectivity index (χ1) is 5.23. The van der Waals surface area contributed by atoms with Gasteiger partial charge in [-0.3, -0.25) is 0 Å². The Hall–Kier alpha value is -0.0400. The van der Waals surface area contributed by atoms with Crippen LogP contribution in [-0.2, 0) is 4.74 Å². The van der Waals surface area contributed by atoms with Crippen molar-refractivity contribution in [2.24, 2.45) is 11.3 Å².